The molecule has 1 atom stereocenters. The van der Waals surface area contributed by atoms with Gasteiger partial charge in [0, 0.05) is 6.42 Å². The molecule has 0 aliphatic rings. The number of nitrogens with one attached hydrogen (secondary N) is 2. The van der Waals surface area contributed by atoms with E-state index in [0.29, 0.717) is 6.42 Å². The van der Waals surface area contributed by atoms with Crippen LogP contribution in [0.2, 0.25) is 0 Å². The largest absolute Gasteiger partial charge is 0.344 e. The van der Waals surface area contributed by atoms with E-state index in [1.807, 2.05) is 66.7 Å². The van der Waals surface area contributed by atoms with E-state index in [9.17, 15) is 9.59 Å². The molecule has 5 nitrogen and oxygen atoms in total. The summed E-state index contributed by atoms with van der Waals surface area (Å²) in [6.07, 6.45) is 0.580. The standard InChI is InChI=1S/C19H19N3O2/c20-11-12-21-19(24)17(13-15-7-3-1-4-8-15)22-18(23)14-16-9-5-2-6-10-16/h1-10,17H,12-14H2,(H,21,24)(H,22,23)/t17-/m0/s1. The lowest BCUT2D eigenvalue weighted by atomic mass is 10.0. The maximum Gasteiger partial charge on any atom is 0.243 e. The van der Waals surface area contributed by atoms with Crippen molar-refractivity contribution in [3.05, 3.63) is 71.8 Å². The molecule has 0 aliphatic carbocycles. The normalized spacial score (nSPS) is 11.1. The maximum atomic E-state index is 12.2. The Morgan fingerprint density at radius 2 is 1.54 bits per heavy atom. The summed E-state index contributed by atoms with van der Waals surface area (Å²) in [6, 6.07) is 19.9. The van der Waals surface area contributed by atoms with Crippen LogP contribution in [0.4, 0.5) is 0 Å². The van der Waals surface area contributed by atoms with E-state index in [4.69, 9.17) is 5.26 Å². The summed E-state index contributed by atoms with van der Waals surface area (Å²) in [5, 5.41) is 13.9. The molecule has 24 heavy (non-hydrogen) atoms. The van der Waals surface area contributed by atoms with Gasteiger partial charge in [-0.05, 0) is 11.1 Å². The third-order valence-electron chi connectivity index (χ3n) is 3.48. The van der Waals surface area contributed by atoms with Crippen molar-refractivity contribution in [3.63, 3.8) is 0 Å². The van der Waals surface area contributed by atoms with Crippen LogP contribution in [0, 0.1) is 11.3 Å². The number of nitrogens with zero attached hydrogens (tertiary/aromatic N) is 1. The molecule has 122 valence electrons. The van der Waals surface area contributed by atoms with Gasteiger partial charge in [-0.25, -0.2) is 0 Å². The van der Waals surface area contributed by atoms with Crippen LogP contribution in [0.1, 0.15) is 11.1 Å². The highest BCUT2D eigenvalue weighted by Gasteiger charge is 2.21. The molecule has 0 heterocycles. The second-order valence-electron chi connectivity index (χ2n) is 5.35. The van der Waals surface area contributed by atoms with Crippen molar-refractivity contribution in [3.8, 4) is 6.07 Å². The average Bonchev–Trinajstić information content (AvgIpc) is 2.61. The first-order chi connectivity index (χ1) is 11.7. The van der Waals surface area contributed by atoms with Gasteiger partial charge in [0.25, 0.3) is 0 Å². The van der Waals surface area contributed by atoms with Gasteiger partial charge in [0.05, 0.1) is 12.5 Å². The molecule has 2 N–H and O–H groups in total. The Morgan fingerprint density at radius 3 is 2.12 bits per heavy atom. The molecule has 2 rings (SSSR count). The SMILES string of the molecule is N#CCNC(=O)[C@H](Cc1ccccc1)NC(=O)Cc1ccccc1. The molecular weight excluding hydrogens is 302 g/mol. The average molecular weight is 321 g/mol. The molecule has 0 bridgehead atoms. The van der Waals surface area contributed by atoms with E-state index in [0.717, 1.165) is 11.1 Å². The van der Waals surface area contributed by atoms with Crippen molar-refractivity contribution in [2.24, 2.45) is 0 Å². The monoisotopic (exact) mass is 321 g/mol. The molecule has 2 aromatic rings. The summed E-state index contributed by atoms with van der Waals surface area (Å²) in [6.45, 7) is -0.0846. The van der Waals surface area contributed by atoms with Gasteiger partial charge in [0.2, 0.25) is 11.8 Å². The first-order valence-corrected chi connectivity index (χ1v) is 7.71. The van der Waals surface area contributed by atoms with Crippen molar-refractivity contribution in [1.29, 1.82) is 5.26 Å². The van der Waals surface area contributed by atoms with Crippen LogP contribution in [0.3, 0.4) is 0 Å². The number of hydrogen-bond acceptors (Lipinski definition) is 3. The fourth-order valence-corrected chi connectivity index (χ4v) is 2.34. The van der Waals surface area contributed by atoms with E-state index in [1.54, 1.807) is 0 Å². The van der Waals surface area contributed by atoms with E-state index >= 15 is 0 Å². The van der Waals surface area contributed by atoms with Crippen LogP contribution in [0.25, 0.3) is 0 Å². The topological polar surface area (TPSA) is 82.0 Å². The predicted octanol–water partition coefficient (Wildman–Crippen LogP) is 1.60. The summed E-state index contributed by atoms with van der Waals surface area (Å²) >= 11 is 0. The second kappa shape index (κ2) is 9.11. The van der Waals surface area contributed by atoms with Gasteiger partial charge in [0.1, 0.15) is 12.6 Å². The molecule has 0 unspecified atom stereocenters. The minimum atomic E-state index is -0.711. The van der Waals surface area contributed by atoms with Crippen molar-refractivity contribution in [2.75, 3.05) is 6.54 Å². The zero-order valence-corrected chi connectivity index (χ0v) is 13.2. The van der Waals surface area contributed by atoms with Gasteiger partial charge < -0.3 is 10.6 Å². The van der Waals surface area contributed by atoms with Crippen molar-refractivity contribution < 1.29 is 9.59 Å². The number of carbonyl (C=O) groups is 2. The fourth-order valence-electron chi connectivity index (χ4n) is 2.34. The Hall–Kier alpha value is -3.13. The molecule has 0 aliphatic heterocycles. The molecule has 0 spiro atoms. The Balaban J connectivity index is 2.03. The lowest BCUT2D eigenvalue weighted by Gasteiger charge is -2.18. The zero-order valence-electron chi connectivity index (χ0n) is 13.2. The molecule has 5 heteroatoms. The summed E-state index contributed by atoms with van der Waals surface area (Å²) < 4.78 is 0. The van der Waals surface area contributed by atoms with Crippen LogP contribution in [0.15, 0.2) is 60.7 Å². The lowest BCUT2D eigenvalue weighted by Crippen LogP contribution is -2.48. The van der Waals surface area contributed by atoms with E-state index < -0.39 is 6.04 Å². The summed E-state index contributed by atoms with van der Waals surface area (Å²) in [4.78, 5) is 24.5. The number of rotatable bonds is 7. The van der Waals surface area contributed by atoms with Crippen molar-refractivity contribution in [1.82, 2.24) is 10.6 Å². The fraction of sp³-hybridized carbons (Fsp3) is 0.211. The van der Waals surface area contributed by atoms with Gasteiger partial charge in [-0.1, -0.05) is 60.7 Å². The molecule has 2 amide bonds. The number of benzene rings is 2. The summed E-state index contributed by atoms with van der Waals surface area (Å²) in [7, 11) is 0. The van der Waals surface area contributed by atoms with Gasteiger partial charge in [0.15, 0.2) is 0 Å². The maximum absolute atomic E-state index is 12.2. The van der Waals surface area contributed by atoms with E-state index in [-0.39, 0.29) is 24.8 Å². The molecule has 0 fully saturated rings. The second-order valence-corrected chi connectivity index (χ2v) is 5.35. The predicted molar refractivity (Wildman–Crippen MR) is 90.8 cm³/mol. The van der Waals surface area contributed by atoms with Crippen LogP contribution in [-0.2, 0) is 22.4 Å². The Labute approximate surface area is 141 Å². The number of nitriles is 1. The first kappa shape index (κ1) is 17.2. The van der Waals surface area contributed by atoms with Gasteiger partial charge >= 0.3 is 0 Å². The highest BCUT2D eigenvalue weighted by atomic mass is 16.2. The molecule has 0 saturated heterocycles. The van der Waals surface area contributed by atoms with Crippen LogP contribution >= 0.6 is 0 Å². The number of carbonyl (C=O) groups excluding carboxylic acids is 2. The van der Waals surface area contributed by atoms with Crippen LogP contribution in [0.5, 0.6) is 0 Å². The van der Waals surface area contributed by atoms with Crippen LogP contribution in [-0.4, -0.2) is 24.4 Å². The highest BCUT2D eigenvalue weighted by molar-refractivity contribution is 5.88. The van der Waals surface area contributed by atoms with Crippen molar-refractivity contribution >= 4 is 11.8 Å². The number of amides is 2. The lowest BCUT2D eigenvalue weighted by molar-refractivity contribution is -0.128. The summed E-state index contributed by atoms with van der Waals surface area (Å²) in [5.74, 6) is -0.587. The minimum Gasteiger partial charge on any atom is -0.344 e. The van der Waals surface area contributed by atoms with E-state index in [2.05, 4.69) is 10.6 Å². The molecule has 0 radical (unpaired) electrons. The third-order valence-corrected chi connectivity index (χ3v) is 3.48. The number of hydrogen-bond donors (Lipinski definition) is 2. The Bertz CT molecular complexity index is 708. The summed E-state index contributed by atoms with van der Waals surface area (Å²) in [5.41, 5.74) is 1.82. The quantitative estimate of drug-likeness (QED) is 0.760. The van der Waals surface area contributed by atoms with Gasteiger partial charge in [-0.3, -0.25) is 9.59 Å². The minimum absolute atomic E-state index is 0.0846. The molecule has 0 saturated carbocycles. The Morgan fingerprint density at radius 1 is 0.958 bits per heavy atom. The zero-order chi connectivity index (χ0) is 17.2. The first-order valence-electron chi connectivity index (χ1n) is 7.71. The smallest absolute Gasteiger partial charge is 0.243 e. The third kappa shape index (κ3) is 5.58. The van der Waals surface area contributed by atoms with Crippen LogP contribution < -0.4 is 10.6 Å². The molecular formula is C19H19N3O2. The molecule has 2 aromatic carbocycles. The van der Waals surface area contributed by atoms with Gasteiger partial charge in [-0.15, -0.1) is 0 Å². The van der Waals surface area contributed by atoms with Crippen molar-refractivity contribution in [2.45, 2.75) is 18.9 Å². The van der Waals surface area contributed by atoms with E-state index in [1.165, 1.54) is 0 Å². The molecule has 0 aromatic heterocycles. The highest BCUT2D eigenvalue weighted by Crippen LogP contribution is 2.05. The Kier molecular flexibility index (Phi) is 6.54. The van der Waals surface area contributed by atoms with Gasteiger partial charge in [-0.2, -0.15) is 5.26 Å².